The summed E-state index contributed by atoms with van der Waals surface area (Å²) in [5, 5.41) is 0. The van der Waals surface area contributed by atoms with Crippen molar-refractivity contribution in [3.63, 3.8) is 0 Å². The Kier molecular flexibility index (Phi) is 3.25. The molecule has 3 nitrogen and oxygen atoms in total. The van der Waals surface area contributed by atoms with Gasteiger partial charge in [0, 0.05) is 18.7 Å². The second-order valence-electron chi connectivity index (χ2n) is 3.74. The number of hydrogen-bond acceptors (Lipinski definition) is 2. The SMILES string of the molecule is C=CCOc1ccc(N2CCCC2=O)cc1. The Balaban J connectivity index is 2.06. The van der Waals surface area contributed by atoms with E-state index in [2.05, 4.69) is 6.58 Å². The molecule has 1 aromatic rings. The van der Waals surface area contributed by atoms with Crippen LogP contribution < -0.4 is 9.64 Å². The Bertz CT molecular complexity index is 383. The quantitative estimate of drug-likeness (QED) is 0.725. The second kappa shape index (κ2) is 4.84. The van der Waals surface area contributed by atoms with Crippen molar-refractivity contribution in [3.05, 3.63) is 36.9 Å². The number of benzene rings is 1. The zero-order valence-electron chi connectivity index (χ0n) is 9.19. The maximum absolute atomic E-state index is 11.5. The number of rotatable bonds is 4. The first-order valence-electron chi connectivity index (χ1n) is 5.45. The number of hydrogen-bond donors (Lipinski definition) is 0. The average molecular weight is 217 g/mol. The van der Waals surface area contributed by atoms with Crippen LogP contribution in [0.2, 0.25) is 0 Å². The number of ether oxygens (including phenoxy) is 1. The van der Waals surface area contributed by atoms with Crippen LogP contribution in [0.15, 0.2) is 36.9 Å². The third-order valence-electron chi connectivity index (χ3n) is 2.59. The molecule has 0 N–H and O–H groups in total. The Morgan fingerprint density at radius 1 is 1.38 bits per heavy atom. The van der Waals surface area contributed by atoms with Crippen LogP contribution in [0.3, 0.4) is 0 Å². The molecule has 0 radical (unpaired) electrons. The van der Waals surface area contributed by atoms with Gasteiger partial charge in [0.15, 0.2) is 0 Å². The zero-order valence-corrected chi connectivity index (χ0v) is 9.19. The van der Waals surface area contributed by atoms with Crippen molar-refractivity contribution in [1.82, 2.24) is 0 Å². The van der Waals surface area contributed by atoms with Crippen molar-refractivity contribution < 1.29 is 9.53 Å². The summed E-state index contributed by atoms with van der Waals surface area (Å²) in [6, 6.07) is 7.60. The Morgan fingerprint density at radius 3 is 2.69 bits per heavy atom. The molecule has 1 fully saturated rings. The summed E-state index contributed by atoms with van der Waals surface area (Å²) in [5.74, 6) is 1.01. The van der Waals surface area contributed by atoms with E-state index in [0.717, 1.165) is 24.4 Å². The van der Waals surface area contributed by atoms with Gasteiger partial charge in [-0.2, -0.15) is 0 Å². The maximum Gasteiger partial charge on any atom is 0.227 e. The van der Waals surface area contributed by atoms with E-state index in [-0.39, 0.29) is 5.91 Å². The molecule has 1 heterocycles. The third kappa shape index (κ3) is 2.24. The summed E-state index contributed by atoms with van der Waals surface area (Å²) in [6.45, 7) is 4.92. The minimum absolute atomic E-state index is 0.208. The number of carbonyl (C=O) groups excluding carboxylic acids is 1. The summed E-state index contributed by atoms with van der Waals surface area (Å²) in [7, 11) is 0. The number of amides is 1. The Morgan fingerprint density at radius 2 is 2.12 bits per heavy atom. The minimum Gasteiger partial charge on any atom is -0.490 e. The summed E-state index contributed by atoms with van der Waals surface area (Å²) in [4.78, 5) is 13.3. The van der Waals surface area contributed by atoms with Gasteiger partial charge in [-0.05, 0) is 30.7 Å². The first-order valence-corrected chi connectivity index (χ1v) is 5.45. The van der Waals surface area contributed by atoms with E-state index < -0.39 is 0 Å². The molecule has 0 unspecified atom stereocenters. The van der Waals surface area contributed by atoms with Gasteiger partial charge in [-0.3, -0.25) is 4.79 Å². The highest BCUT2D eigenvalue weighted by Crippen LogP contribution is 2.23. The first kappa shape index (κ1) is 10.7. The average Bonchev–Trinajstić information content (AvgIpc) is 2.74. The van der Waals surface area contributed by atoms with Gasteiger partial charge in [0.2, 0.25) is 5.91 Å². The van der Waals surface area contributed by atoms with Crippen LogP contribution in [-0.4, -0.2) is 19.1 Å². The van der Waals surface area contributed by atoms with Crippen molar-refractivity contribution in [1.29, 1.82) is 0 Å². The van der Waals surface area contributed by atoms with E-state index >= 15 is 0 Å². The van der Waals surface area contributed by atoms with Crippen LogP contribution >= 0.6 is 0 Å². The van der Waals surface area contributed by atoms with Gasteiger partial charge in [-0.25, -0.2) is 0 Å². The molecule has 84 valence electrons. The van der Waals surface area contributed by atoms with Crippen molar-refractivity contribution in [3.8, 4) is 5.75 Å². The molecule has 0 spiro atoms. The van der Waals surface area contributed by atoms with Gasteiger partial charge < -0.3 is 9.64 Å². The van der Waals surface area contributed by atoms with E-state index in [0.29, 0.717) is 13.0 Å². The van der Waals surface area contributed by atoms with Crippen molar-refractivity contribution >= 4 is 11.6 Å². The molecule has 0 saturated carbocycles. The van der Waals surface area contributed by atoms with Crippen LogP contribution in [-0.2, 0) is 4.79 Å². The van der Waals surface area contributed by atoms with Gasteiger partial charge in [-0.15, -0.1) is 0 Å². The molecule has 3 heteroatoms. The van der Waals surface area contributed by atoms with Crippen LogP contribution in [0, 0.1) is 0 Å². The van der Waals surface area contributed by atoms with E-state index in [9.17, 15) is 4.79 Å². The van der Waals surface area contributed by atoms with Gasteiger partial charge in [0.25, 0.3) is 0 Å². The van der Waals surface area contributed by atoms with Crippen LogP contribution in [0.25, 0.3) is 0 Å². The van der Waals surface area contributed by atoms with Crippen LogP contribution in [0.5, 0.6) is 5.75 Å². The maximum atomic E-state index is 11.5. The molecule has 2 rings (SSSR count). The standard InChI is InChI=1S/C13H15NO2/c1-2-10-16-12-7-5-11(6-8-12)14-9-3-4-13(14)15/h2,5-8H,1,3-4,9-10H2. The minimum atomic E-state index is 0.208. The molecule has 0 atom stereocenters. The molecular weight excluding hydrogens is 202 g/mol. The molecule has 1 aromatic carbocycles. The molecule has 16 heavy (non-hydrogen) atoms. The molecule has 1 aliphatic rings. The van der Waals surface area contributed by atoms with Gasteiger partial charge in [0.1, 0.15) is 12.4 Å². The van der Waals surface area contributed by atoms with Crippen LogP contribution in [0.4, 0.5) is 5.69 Å². The summed E-state index contributed by atoms with van der Waals surface area (Å²) in [5.41, 5.74) is 0.952. The molecule has 0 aromatic heterocycles. The number of nitrogens with zero attached hydrogens (tertiary/aromatic N) is 1. The highest BCUT2D eigenvalue weighted by Gasteiger charge is 2.21. The normalized spacial score (nSPS) is 15.2. The topological polar surface area (TPSA) is 29.5 Å². The lowest BCUT2D eigenvalue weighted by Gasteiger charge is -2.15. The first-order chi connectivity index (χ1) is 7.81. The highest BCUT2D eigenvalue weighted by molar-refractivity contribution is 5.95. The number of carbonyl (C=O) groups is 1. The molecule has 1 saturated heterocycles. The van der Waals surface area contributed by atoms with Gasteiger partial charge >= 0.3 is 0 Å². The fraction of sp³-hybridized carbons (Fsp3) is 0.308. The molecular formula is C13H15NO2. The van der Waals surface area contributed by atoms with E-state index in [1.54, 1.807) is 6.08 Å². The lowest BCUT2D eigenvalue weighted by atomic mass is 10.3. The van der Waals surface area contributed by atoms with Crippen molar-refractivity contribution in [2.45, 2.75) is 12.8 Å². The smallest absolute Gasteiger partial charge is 0.227 e. The van der Waals surface area contributed by atoms with Crippen LogP contribution in [0.1, 0.15) is 12.8 Å². The summed E-state index contributed by atoms with van der Waals surface area (Å²) in [6.07, 6.45) is 3.32. The fourth-order valence-electron chi connectivity index (χ4n) is 1.80. The second-order valence-corrected chi connectivity index (χ2v) is 3.74. The predicted molar refractivity (Wildman–Crippen MR) is 63.7 cm³/mol. The lowest BCUT2D eigenvalue weighted by molar-refractivity contribution is -0.117. The third-order valence-corrected chi connectivity index (χ3v) is 2.59. The van der Waals surface area contributed by atoms with E-state index in [1.807, 2.05) is 29.2 Å². The molecule has 0 bridgehead atoms. The number of anilines is 1. The highest BCUT2D eigenvalue weighted by atomic mass is 16.5. The lowest BCUT2D eigenvalue weighted by Crippen LogP contribution is -2.23. The Labute approximate surface area is 95.3 Å². The van der Waals surface area contributed by atoms with Crippen molar-refractivity contribution in [2.24, 2.45) is 0 Å². The van der Waals surface area contributed by atoms with Crippen molar-refractivity contribution in [2.75, 3.05) is 18.1 Å². The molecule has 1 aliphatic heterocycles. The summed E-state index contributed by atoms with van der Waals surface area (Å²) >= 11 is 0. The van der Waals surface area contributed by atoms with E-state index in [1.165, 1.54) is 0 Å². The van der Waals surface area contributed by atoms with E-state index in [4.69, 9.17) is 4.74 Å². The van der Waals surface area contributed by atoms with Gasteiger partial charge in [0.05, 0.1) is 0 Å². The largest absolute Gasteiger partial charge is 0.490 e. The fourth-order valence-corrected chi connectivity index (χ4v) is 1.80. The molecule has 1 amide bonds. The van der Waals surface area contributed by atoms with Gasteiger partial charge in [-0.1, -0.05) is 12.7 Å². The summed E-state index contributed by atoms with van der Waals surface area (Å²) < 4.78 is 5.38. The molecule has 0 aliphatic carbocycles. The Hall–Kier alpha value is -1.77. The monoisotopic (exact) mass is 217 g/mol. The predicted octanol–water partition coefficient (Wildman–Crippen LogP) is 2.38. The zero-order chi connectivity index (χ0) is 11.4.